The standard InChI is InChI=1S/C22H18BrN5OS/c1-12-3-4-14(11-24-12)19-17-9-10-18-21(30-22(26-18)25-13(2)29)20(17)28(27-19)16-7-5-15(23)6-8-16/h3-8,11H,9-10H2,1-2H3,(H,25,26,29). The Bertz CT molecular complexity index is 1260. The summed E-state index contributed by atoms with van der Waals surface area (Å²) in [5.41, 5.74) is 7.14. The van der Waals surface area contributed by atoms with Crippen molar-refractivity contribution in [1.29, 1.82) is 0 Å². The van der Waals surface area contributed by atoms with Crippen LogP contribution in [0.2, 0.25) is 0 Å². The number of rotatable bonds is 3. The van der Waals surface area contributed by atoms with Gasteiger partial charge in [-0.3, -0.25) is 9.78 Å². The number of anilines is 1. The van der Waals surface area contributed by atoms with E-state index in [2.05, 4.69) is 37.3 Å². The zero-order valence-corrected chi connectivity index (χ0v) is 18.8. The minimum Gasteiger partial charge on any atom is -0.302 e. The average molecular weight is 480 g/mol. The van der Waals surface area contributed by atoms with Crippen molar-refractivity contribution in [2.75, 3.05) is 5.32 Å². The summed E-state index contributed by atoms with van der Waals surface area (Å²) < 4.78 is 3.01. The normalized spacial score (nSPS) is 12.4. The van der Waals surface area contributed by atoms with Crippen LogP contribution in [-0.4, -0.2) is 25.7 Å². The first-order valence-corrected chi connectivity index (χ1v) is 11.2. The van der Waals surface area contributed by atoms with Crippen LogP contribution in [0, 0.1) is 6.92 Å². The van der Waals surface area contributed by atoms with E-state index in [1.54, 1.807) is 0 Å². The Morgan fingerprint density at radius 3 is 2.67 bits per heavy atom. The van der Waals surface area contributed by atoms with Crippen LogP contribution < -0.4 is 5.32 Å². The topological polar surface area (TPSA) is 72.7 Å². The quantitative estimate of drug-likeness (QED) is 0.438. The second kappa shape index (κ2) is 7.45. The van der Waals surface area contributed by atoms with E-state index >= 15 is 0 Å². The van der Waals surface area contributed by atoms with E-state index in [1.807, 2.05) is 48.1 Å². The minimum absolute atomic E-state index is 0.117. The summed E-state index contributed by atoms with van der Waals surface area (Å²) in [7, 11) is 0. The summed E-state index contributed by atoms with van der Waals surface area (Å²) in [6.45, 7) is 3.48. The number of carbonyl (C=O) groups excluding carboxylic acids is 1. The largest absolute Gasteiger partial charge is 0.302 e. The molecule has 0 fully saturated rings. The van der Waals surface area contributed by atoms with Crippen molar-refractivity contribution >= 4 is 38.3 Å². The van der Waals surface area contributed by atoms with Gasteiger partial charge in [0.15, 0.2) is 5.13 Å². The van der Waals surface area contributed by atoms with E-state index in [1.165, 1.54) is 23.8 Å². The van der Waals surface area contributed by atoms with Crippen molar-refractivity contribution < 1.29 is 4.79 Å². The van der Waals surface area contributed by atoms with E-state index in [0.29, 0.717) is 5.13 Å². The van der Waals surface area contributed by atoms with Gasteiger partial charge in [-0.15, -0.1) is 0 Å². The van der Waals surface area contributed by atoms with Gasteiger partial charge in [-0.1, -0.05) is 27.3 Å². The first-order chi connectivity index (χ1) is 14.5. The summed E-state index contributed by atoms with van der Waals surface area (Å²) in [5, 5.41) is 8.47. The van der Waals surface area contributed by atoms with Crippen LogP contribution in [0.15, 0.2) is 47.1 Å². The molecule has 1 N–H and O–H groups in total. The molecule has 8 heteroatoms. The Labute approximate surface area is 186 Å². The molecule has 5 rings (SSSR count). The van der Waals surface area contributed by atoms with Gasteiger partial charge in [-0.05, 0) is 56.2 Å². The highest BCUT2D eigenvalue weighted by Crippen LogP contribution is 2.44. The van der Waals surface area contributed by atoms with Crippen molar-refractivity contribution in [3.63, 3.8) is 0 Å². The third-order valence-electron chi connectivity index (χ3n) is 5.05. The monoisotopic (exact) mass is 479 g/mol. The summed E-state index contributed by atoms with van der Waals surface area (Å²) in [6, 6.07) is 12.2. The number of nitrogens with one attached hydrogen (secondary N) is 1. The van der Waals surface area contributed by atoms with Crippen molar-refractivity contribution in [3.8, 4) is 27.5 Å². The van der Waals surface area contributed by atoms with Gasteiger partial charge >= 0.3 is 0 Å². The first-order valence-electron chi connectivity index (χ1n) is 9.58. The van der Waals surface area contributed by atoms with Gasteiger partial charge in [-0.2, -0.15) is 5.10 Å². The summed E-state index contributed by atoms with van der Waals surface area (Å²) in [5.74, 6) is -0.117. The number of fused-ring (bicyclic) bond motifs is 3. The smallest absolute Gasteiger partial charge is 0.223 e. The molecule has 1 amide bonds. The highest BCUT2D eigenvalue weighted by atomic mass is 79.9. The number of aromatic nitrogens is 4. The van der Waals surface area contributed by atoms with Crippen LogP contribution in [0.1, 0.15) is 23.9 Å². The Morgan fingerprint density at radius 2 is 1.97 bits per heavy atom. The highest BCUT2D eigenvalue weighted by Gasteiger charge is 2.30. The second-order valence-corrected chi connectivity index (χ2v) is 9.14. The van der Waals surface area contributed by atoms with Gasteiger partial charge in [0.2, 0.25) is 5.91 Å². The predicted octanol–water partition coefficient (Wildman–Crippen LogP) is 5.19. The number of hydrogen-bond acceptors (Lipinski definition) is 5. The molecule has 6 nitrogen and oxygen atoms in total. The molecular formula is C22H18BrN5OS. The maximum atomic E-state index is 11.5. The van der Waals surface area contributed by atoms with Crippen LogP contribution >= 0.6 is 27.3 Å². The van der Waals surface area contributed by atoms with Gasteiger partial charge in [0, 0.05) is 34.4 Å². The number of hydrogen-bond donors (Lipinski definition) is 1. The number of aryl methyl sites for hydroxylation is 2. The lowest BCUT2D eigenvalue weighted by molar-refractivity contribution is -0.114. The molecule has 0 unspecified atom stereocenters. The number of amides is 1. The van der Waals surface area contributed by atoms with Crippen molar-refractivity contribution in [3.05, 3.63) is 64.0 Å². The van der Waals surface area contributed by atoms with Crippen molar-refractivity contribution in [1.82, 2.24) is 19.7 Å². The molecule has 3 heterocycles. The van der Waals surface area contributed by atoms with Gasteiger partial charge in [0.1, 0.15) is 0 Å². The van der Waals surface area contributed by atoms with Gasteiger partial charge < -0.3 is 5.32 Å². The molecule has 3 aromatic heterocycles. The molecule has 0 spiro atoms. The molecule has 0 atom stereocenters. The lowest BCUT2D eigenvalue weighted by Gasteiger charge is -2.14. The summed E-state index contributed by atoms with van der Waals surface area (Å²) in [4.78, 5) is 21.7. The number of thiazole rings is 1. The fourth-order valence-electron chi connectivity index (χ4n) is 3.68. The molecule has 30 heavy (non-hydrogen) atoms. The Kier molecular flexibility index (Phi) is 4.75. The van der Waals surface area contributed by atoms with Crippen LogP contribution in [0.3, 0.4) is 0 Å². The van der Waals surface area contributed by atoms with E-state index in [9.17, 15) is 4.79 Å². The highest BCUT2D eigenvalue weighted by molar-refractivity contribution is 9.10. The maximum Gasteiger partial charge on any atom is 0.223 e. The molecule has 1 aromatic carbocycles. The molecule has 1 aliphatic carbocycles. The zero-order valence-electron chi connectivity index (χ0n) is 16.4. The Hall–Kier alpha value is -2.84. The number of pyridine rings is 1. The molecule has 0 saturated heterocycles. The number of carbonyl (C=O) groups is 1. The fourth-order valence-corrected chi connectivity index (χ4v) is 5.06. The van der Waals surface area contributed by atoms with E-state index in [4.69, 9.17) is 5.10 Å². The van der Waals surface area contributed by atoms with Gasteiger partial charge in [0.05, 0.1) is 27.6 Å². The first kappa shape index (κ1) is 19.1. The number of benzene rings is 1. The number of halogens is 1. The van der Waals surface area contributed by atoms with Crippen LogP contribution in [0.4, 0.5) is 5.13 Å². The minimum atomic E-state index is -0.117. The van der Waals surface area contributed by atoms with Crippen molar-refractivity contribution in [2.45, 2.75) is 26.7 Å². The Morgan fingerprint density at radius 1 is 1.17 bits per heavy atom. The summed E-state index contributed by atoms with van der Waals surface area (Å²) in [6.07, 6.45) is 3.54. The third-order valence-corrected chi connectivity index (χ3v) is 6.60. The molecule has 0 aliphatic heterocycles. The summed E-state index contributed by atoms with van der Waals surface area (Å²) >= 11 is 5.01. The molecule has 0 saturated carbocycles. The van der Waals surface area contributed by atoms with E-state index < -0.39 is 0 Å². The van der Waals surface area contributed by atoms with Crippen LogP contribution in [-0.2, 0) is 17.6 Å². The molecule has 1 aliphatic rings. The van der Waals surface area contributed by atoms with Crippen molar-refractivity contribution in [2.24, 2.45) is 0 Å². The average Bonchev–Trinajstić information content (AvgIpc) is 3.29. The molecular weight excluding hydrogens is 462 g/mol. The van der Waals surface area contributed by atoms with Gasteiger partial charge in [-0.25, -0.2) is 9.67 Å². The maximum absolute atomic E-state index is 11.5. The molecule has 0 radical (unpaired) electrons. The van der Waals surface area contributed by atoms with E-state index in [-0.39, 0.29) is 5.91 Å². The molecule has 0 bridgehead atoms. The lowest BCUT2D eigenvalue weighted by atomic mass is 9.95. The predicted molar refractivity (Wildman–Crippen MR) is 122 cm³/mol. The van der Waals surface area contributed by atoms with Crippen LogP contribution in [0.25, 0.3) is 27.5 Å². The zero-order chi connectivity index (χ0) is 20.8. The van der Waals surface area contributed by atoms with E-state index in [0.717, 1.165) is 56.2 Å². The van der Waals surface area contributed by atoms with Crippen LogP contribution in [0.5, 0.6) is 0 Å². The number of nitrogens with zero attached hydrogens (tertiary/aromatic N) is 4. The third kappa shape index (κ3) is 3.36. The van der Waals surface area contributed by atoms with Gasteiger partial charge in [0.25, 0.3) is 0 Å². The second-order valence-electron chi connectivity index (χ2n) is 7.23. The fraction of sp³-hybridized carbons (Fsp3) is 0.182. The molecule has 4 aromatic rings. The SMILES string of the molecule is CC(=O)Nc1nc2c(s1)-c1c(c(-c3ccc(C)nc3)nn1-c1ccc(Br)cc1)CC2. The lowest BCUT2D eigenvalue weighted by Crippen LogP contribution is -2.07. The Balaban J connectivity index is 1.73. The molecule has 150 valence electrons.